The van der Waals surface area contributed by atoms with E-state index in [-0.39, 0.29) is 17.3 Å². The van der Waals surface area contributed by atoms with Crippen LogP contribution in [0.15, 0.2) is 73.1 Å². The number of alkyl halides is 3. The number of aromatic nitrogens is 3. The SMILES string of the molecule is Cc1ccc(-n2ncc(C(=O)Nc3ccc(Oc4ccc(F)cc4)nc3)c2C(F)(F)F)cc1. The first-order valence-corrected chi connectivity index (χ1v) is 9.64. The lowest BCUT2D eigenvalue weighted by Crippen LogP contribution is -2.20. The van der Waals surface area contributed by atoms with Crippen LogP contribution in [0.5, 0.6) is 11.6 Å². The Labute approximate surface area is 185 Å². The number of amides is 1. The number of carbonyl (C=O) groups is 1. The molecule has 4 rings (SSSR count). The molecular formula is C23H16F4N4O2. The van der Waals surface area contributed by atoms with E-state index in [1.807, 2.05) is 0 Å². The molecule has 6 nitrogen and oxygen atoms in total. The molecular weight excluding hydrogens is 440 g/mol. The van der Waals surface area contributed by atoms with Gasteiger partial charge >= 0.3 is 6.18 Å². The summed E-state index contributed by atoms with van der Waals surface area (Å²) in [6.07, 6.45) is -2.72. The quantitative estimate of drug-likeness (QED) is 0.387. The Kier molecular flexibility index (Phi) is 5.82. The molecule has 0 aliphatic rings. The van der Waals surface area contributed by atoms with E-state index in [4.69, 9.17) is 4.74 Å². The van der Waals surface area contributed by atoms with Gasteiger partial charge in [-0.15, -0.1) is 0 Å². The van der Waals surface area contributed by atoms with Crippen LogP contribution in [0.2, 0.25) is 0 Å². The Morgan fingerprint density at radius 3 is 2.27 bits per heavy atom. The number of anilines is 1. The molecule has 1 N–H and O–H groups in total. The monoisotopic (exact) mass is 456 g/mol. The Bertz CT molecular complexity index is 1270. The number of pyridine rings is 1. The van der Waals surface area contributed by atoms with Crippen LogP contribution in [0.25, 0.3) is 5.69 Å². The Morgan fingerprint density at radius 2 is 1.67 bits per heavy atom. The summed E-state index contributed by atoms with van der Waals surface area (Å²) in [7, 11) is 0. The number of aryl methyl sites for hydroxylation is 1. The van der Waals surface area contributed by atoms with Gasteiger partial charge in [0.05, 0.1) is 29.3 Å². The molecule has 0 saturated heterocycles. The average Bonchev–Trinajstić information content (AvgIpc) is 3.23. The number of benzene rings is 2. The molecule has 0 unspecified atom stereocenters. The van der Waals surface area contributed by atoms with Crippen molar-refractivity contribution in [3.63, 3.8) is 0 Å². The fraction of sp³-hybridized carbons (Fsp3) is 0.0870. The van der Waals surface area contributed by atoms with E-state index < -0.39 is 29.2 Å². The van der Waals surface area contributed by atoms with Crippen LogP contribution in [0.3, 0.4) is 0 Å². The average molecular weight is 456 g/mol. The summed E-state index contributed by atoms with van der Waals surface area (Å²) in [5, 5.41) is 6.17. The van der Waals surface area contributed by atoms with Gasteiger partial charge in [0.15, 0.2) is 5.69 Å². The van der Waals surface area contributed by atoms with Crippen LogP contribution in [0.1, 0.15) is 21.6 Å². The van der Waals surface area contributed by atoms with Gasteiger partial charge in [0, 0.05) is 6.07 Å². The molecule has 0 saturated carbocycles. The minimum Gasteiger partial charge on any atom is -0.439 e. The van der Waals surface area contributed by atoms with Crippen molar-refractivity contribution in [3.8, 4) is 17.3 Å². The lowest BCUT2D eigenvalue weighted by molar-refractivity contribution is -0.143. The molecule has 4 aromatic rings. The zero-order chi connectivity index (χ0) is 23.6. The predicted molar refractivity (Wildman–Crippen MR) is 112 cm³/mol. The molecule has 10 heteroatoms. The summed E-state index contributed by atoms with van der Waals surface area (Å²) in [6, 6.07) is 14.4. The zero-order valence-corrected chi connectivity index (χ0v) is 17.1. The topological polar surface area (TPSA) is 69.0 Å². The number of hydrogen-bond donors (Lipinski definition) is 1. The van der Waals surface area contributed by atoms with E-state index >= 15 is 0 Å². The van der Waals surface area contributed by atoms with Gasteiger partial charge in [-0.25, -0.2) is 14.1 Å². The number of ether oxygens (including phenoxy) is 1. The molecule has 0 spiro atoms. The second-order valence-corrected chi connectivity index (χ2v) is 7.05. The summed E-state index contributed by atoms with van der Waals surface area (Å²) < 4.78 is 60.5. The van der Waals surface area contributed by atoms with E-state index in [1.54, 1.807) is 19.1 Å². The van der Waals surface area contributed by atoms with E-state index in [0.717, 1.165) is 11.8 Å². The third-order valence-corrected chi connectivity index (χ3v) is 4.59. The molecule has 0 bridgehead atoms. The van der Waals surface area contributed by atoms with Crippen LogP contribution in [0.4, 0.5) is 23.2 Å². The molecule has 168 valence electrons. The lowest BCUT2D eigenvalue weighted by atomic mass is 10.2. The van der Waals surface area contributed by atoms with Crippen molar-refractivity contribution in [2.45, 2.75) is 13.1 Å². The highest BCUT2D eigenvalue weighted by molar-refractivity contribution is 6.05. The summed E-state index contributed by atoms with van der Waals surface area (Å²) in [6.45, 7) is 1.81. The summed E-state index contributed by atoms with van der Waals surface area (Å²) in [4.78, 5) is 16.6. The molecule has 33 heavy (non-hydrogen) atoms. The lowest BCUT2D eigenvalue weighted by Gasteiger charge is -2.13. The normalized spacial score (nSPS) is 11.3. The van der Waals surface area contributed by atoms with Gasteiger partial charge in [-0.2, -0.15) is 18.3 Å². The second kappa shape index (κ2) is 8.73. The first-order chi connectivity index (χ1) is 15.7. The van der Waals surface area contributed by atoms with Gasteiger partial charge in [-0.3, -0.25) is 4.79 Å². The molecule has 0 fully saturated rings. The largest absolute Gasteiger partial charge is 0.439 e. The maximum absolute atomic E-state index is 13.8. The van der Waals surface area contributed by atoms with Crippen molar-refractivity contribution < 1.29 is 27.1 Å². The van der Waals surface area contributed by atoms with Crippen molar-refractivity contribution in [2.75, 3.05) is 5.32 Å². The molecule has 2 aromatic heterocycles. The van der Waals surface area contributed by atoms with Crippen molar-refractivity contribution >= 4 is 11.6 Å². The van der Waals surface area contributed by atoms with Crippen LogP contribution in [-0.2, 0) is 6.18 Å². The standard InChI is InChI=1S/C23H16F4N4O2/c1-14-2-7-17(8-3-14)31-21(23(25,26)27)19(13-29-31)22(32)30-16-6-11-20(28-12-16)33-18-9-4-15(24)5-10-18/h2-13H,1H3,(H,30,32). The van der Waals surface area contributed by atoms with Gasteiger partial charge in [-0.1, -0.05) is 17.7 Å². The zero-order valence-electron chi connectivity index (χ0n) is 17.1. The number of nitrogens with one attached hydrogen (secondary N) is 1. The van der Waals surface area contributed by atoms with Gasteiger partial charge in [0.1, 0.15) is 11.6 Å². The van der Waals surface area contributed by atoms with Crippen LogP contribution in [-0.4, -0.2) is 20.7 Å². The van der Waals surface area contributed by atoms with Crippen LogP contribution in [0, 0.1) is 12.7 Å². The number of nitrogens with zero attached hydrogens (tertiary/aromatic N) is 3. The van der Waals surface area contributed by atoms with Crippen molar-refractivity contribution in [2.24, 2.45) is 0 Å². The van der Waals surface area contributed by atoms with Gasteiger partial charge in [0.2, 0.25) is 5.88 Å². The first kappa shape index (κ1) is 22.0. The molecule has 2 heterocycles. The first-order valence-electron chi connectivity index (χ1n) is 9.64. The predicted octanol–water partition coefficient (Wildman–Crippen LogP) is 5.78. The van der Waals surface area contributed by atoms with E-state index in [0.29, 0.717) is 10.4 Å². The van der Waals surface area contributed by atoms with Gasteiger partial charge < -0.3 is 10.1 Å². The van der Waals surface area contributed by atoms with Gasteiger partial charge in [0.25, 0.3) is 5.91 Å². The molecule has 0 radical (unpaired) electrons. The van der Waals surface area contributed by atoms with Crippen molar-refractivity contribution in [1.82, 2.24) is 14.8 Å². The number of hydrogen-bond acceptors (Lipinski definition) is 4. The van der Waals surface area contributed by atoms with Crippen LogP contribution >= 0.6 is 0 Å². The molecule has 0 atom stereocenters. The maximum Gasteiger partial charge on any atom is 0.434 e. The Balaban J connectivity index is 1.54. The third kappa shape index (κ3) is 5.00. The van der Waals surface area contributed by atoms with E-state index in [2.05, 4.69) is 15.4 Å². The van der Waals surface area contributed by atoms with Crippen LogP contribution < -0.4 is 10.1 Å². The fourth-order valence-electron chi connectivity index (χ4n) is 3.01. The minimum absolute atomic E-state index is 0.155. The van der Waals surface area contributed by atoms with Crippen molar-refractivity contribution in [1.29, 1.82) is 0 Å². The maximum atomic E-state index is 13.8. The molecule has 2 aromatic carbocycles. The highest BCUT2D eigenvalue weighted by atomic mass is 19.4. The summed E-state index contributed by atoms with van der Waals surface area (Å²) in [5.74, 6) is -0.909. The van der Waals surface area contributed by atoms with E-state index in [1.165, 1.54) is 54.7 Å². The van der Waals surface area contributed by atoms with Gasteiger partial charge in [-0.05, 0) is 49.4 Å². The number of carbonyl (C=O) groups excluding carboxylic acids is 1. The number of rotatable bonds is 5. The van der Waals surface area contributed by atoms with Crippen molar-refractivity contribution in [3.05, 3.63) is 95.7 Å². The summed E-state index contributed by atoms with van der Waals surface area (Å²) in [5.41, 5.74) is -0.613. The molecule has 0 aliphatic heterocycles. The third-order valence-electron chi connectivity index (χ3n) is 4.59. The smallest absolute Gasteiger partial charge is 0.434 e. The second-order valence-electron chi connectivity index (χ2n) is 7.05. The van der Waals surface area contributed by atoms with E-state index in [9.17, 15) is 22.4 Å². The highest BCUT2D eigenvalue weighted by Crippen LogP contribution is 2.34. The summed E-state index contributed by atoms with van der Waals surface area (Å²) >= 11 is 0. The Morgan fingerprint density at radius 1 is 0.970 bits per heavy atom. The number of halogens is 4. The fourth-order valence-corrected chi connectivity index (χ4v) is 3.01. The molecule has 1 amide bonds. The highest BCUT2D eigenvalue weighted by Gasteiger charge is 2.40. The molecule has 0 aliphatic carbocycles. The Hall–Kier alpha value is -4.21. The minimum atomic E-state index is -4.82.